The molecule has 0 saturated heterocycles. The molecule has 9 amide bonds. The molecular formula is C45H68N12O16S2. The molecule has 9 atom stereocenters. The van der Waals surface area contributed by atoms with Gasteiger partial charge in [0.15, 0.2) is 0 Å². The molecule has 1 aromatic carbocycles. The van der Waals surface area contributed by atoms with Gasteiger partial charge in [-0.25, -0.2) is 4.79 Å². The second kappa shape index (κ2) is 32.3. The minimum Gasteiger partial charge on any atom is -0.481 e. The van der Waals surface area contributed by atoms with Crippen molar-refractivity contribution in [3.63, 3.8) is 0 Å². The second-order valence-corrected chi connectivity index (χ2v) is 18.4. The molecule has 1 heterocycles. The molecule has 28 nitrogen and oxygen atoms in total. The van der Waals surface area contributed by atoms with Gasteiger partial charge in [-0.05, 0) is 56.2 Å². The Morgan fingerprint density at radius 1 is 0.587 bits per heavy atom. The molecule has 2 rings (SSSR count). The first kappa shape index (κ1) is 64.1. The number of carboxylic acids is 3. The summed E-state index contributed by atoms with van der Waals surface area (Å²) in [5, 5.41) is 58.0. The van der Waals surface area contributed by atoms with Crippen LogP contribution in [0.1, 0.15) is 70.8 Å². The van der Waals surface area contributed by atoms with Crippen molar-refractivity contribution in [3.8, 4) is 0 Å². The summed E-state index contributed by atoms with van der Waals surface area (Å²) in [6.07, 6.45) is -1.54. The average Bonchev–Trinajstić information content (AvgIpc) is 3.75. The van der Waals surface area contributed by atoms with Crippen LogP contribution in [-0.4, -0.2) is 176 Å². The van der Waals surface area contributed by atoms with Crippen LogP contribution >= 0.6 is 25.3 Å². The number of aromatic amines is 1. The van der Waals surface area contributed by atoms with Crippen LogP contribution in [0.4, 0.5) is 0 Å². The van der Waals surface area contributed by atoms with Crippen LogP contribution in [0.15, 0.2) is 30.5 Å². The summed E-state index contributed by atoms with van der Waals surface area (Å²) in [6.45, 7) is 2.41. The Morgan fingerprint density at radius 2 is 1.07 bits per heavy atom. The molecule has 2 aromatic rings. The number of rotatable bonds is 35. The fourth-order valence-corrected chi connectivity index (χ4v) is 7.59. The van der Waals surface area contributed by atoms with Crippen LogP contribution in [0, 0.1) is 5.92 Å². The standard InChI is InChI=1S/C45H68N12O16S2/c1-21(2)13-28(40(67)55-31(16-36(62)63)43(70)50-26(9-5-6-12-46)38(65)51-27(10-11-35(60)61)39(66)57-33(20-75)45(72)73)53-41(68)29(14-22-17-49-25-8-4-3-7-23(22)25)54-44(71)32(18-58)56-42(69)30(15-34(48)59)52-37(64)24(47)19-74/h3-4,7-8,17,21,24,26-33,49,58,74-75H,5-6,9-16,18-20,46-47H2,1-2H3,(H2,48,59)(H,50,70)(H,51,65)(H,52,64)(H,53,68)(H,54,71)(H,55,67)(H,56,69)(H,57,66)(H,60,61)(H,62,63)(H,72,73)/t24-,26-,27-,28-,29-,30-,31-,32-,33-/m0/s1. The summed E-state index contributed by atoms with van der Waals surface area (Å²) in [4.78, 5) is 159. The Bertz CT molecular complexity index is 2360. The van der Waals surface area contributed by atoms with E-state index < -0.39 is 158 Å². The predicted molar refractivity (Wildman–Crippen MR) is 273 cm³/mol. The number of aliphatic hydroxyl groups is 1. The van der Waals surface area contributed by atoms with E-state index in [4.69, 9.17) is 17.2 Å². The molecule has 75 heavy (non-hydrogen) atoms. The van der Waals surface area contributed by atoms with E-state index >= 15 is 0 Å². The normalized spacial score (nSPS) is 14.7. The van der Waals surface area contributed by atoms with Crippen LogP contribution in [0.3, 0.4) is 0 Å². The topological polar surface area (TPSA) is 476 Å². The number of para-hydroxylation sites is 1. The van der Waals surface area contributed by atoms with Crippen molar-refractivity contribution >= 4 is 107 Å². The van der Waals surface area contributed by atoms with Crippen LogP contribution < -0.4 is 59.7 Å². The van der Waals surface area contributed by atoms with Gasteiger partial charge in [0.2, 0.25) is 53.2 Å². The molecule has 19 N–H and O–H groups in total. The Hall–Kier alpha value is -7.02. The van der Waals surface area contributed by atoms with Crippen molar-refractivity contribution in [2.45, 2.75) is 126 Å². The quantitative estimate of drug-likeness (QED) is 0.0228. The SMILES string of the molecule is CC(C)C[C@H](NC(=O)[C@H](Cc1c[nH]c2ccccc12)NC(=O)[C@H](CO)NC(=O)[C@H](CC(N)=O)NC(=O)[C@@H](N)CS)C(=O)N[C@@H](CC(=O)O)C(=O)N[C@@H](CCCCN)C(=O)N[C@@H](CCC(=O)O)C(=O)N[C@@H](CS)C(=O)O. The number of hydrogen-bond donors (Lipinski definition) is 18. The van der Waals surface area contributed by atoms with E-state index in [1.54, 1.807) is 44.3 Å². The number of nitrogens with two attached hydrogens (primary N) is 3. The molecule has 0 aliphatic carbocycles. The van der Waals surface area contributed by atoms with Crippen LogP contribution in [0.5, 0.6) is 0 Å². The lowest BCUT2D eigenvalue weighted by Gasteiger charge is -2.28. The number of thiol groups is 2. The van der Waals surface area contributed by atoms with Crippen molar-refractivity contribution in [3.05, 3.63) is 36.0 Å². The van der Waals surface area contributed by atoms with Gasteiger partial charge in [-0.1, -0.05) is 32.0 Å². The lowest BCUT2D eigenvalue weighted by Crippen LogP contribution is -2.61. The predicted octanol–water partition coefficient (Wildman–Crippen LogP) is -4.76. The fourth-order valence-electron chi connectivity index (χ4n) is 7.17. The highest BCUT2D eigenvalue weighted by Gasteiger charge is 2.36. The molecule has 0 bridgehead atoms. The van der Waals surface area contributed by atoms with Gasteiger partial charge in [-0.2, -0.15) is 25.3 Å². The summed E-state index contributed by atoms with van der Waals surface area (Å²) in [7, 11) is 0. The second-order valence-electron chi connectivity index (χ2n) is 17.7. The number of nitrogens with one attached hydrogen (secondary N) is 9. The number of fused-ring (bicyclic) bond motifs is 1. The Labute approximate surface area is 441 Å². The highest BCUT2D eigenvalue weighted by atomic mass is 32.1. The molecule has 1 aromatic heterocycles. The zero-order chi connectivity index (χ0) is 56.5. The highest BCUT2D eigenvalue weighted by Crippen LogP contribution is 2.20. The number of unbranched alkanes of at least 4 members (excludes halogenated alkanes) is 1. The monoisotopic (exact) mass is 1100 g/mol. The number of carboxylic acid groups (broad SMARTS) is 3. The third kappa shape index (κ3) is 22.2. The van der Waals surface area contributed by atoms with Crippen LogP contribution in [-0.2, 0) is 64.0 Å². The first-order chi connectivity index (χ1) is 35.3. The Balaban J connectivity index is 2.50. The molecule has 0 unspecified atom stereocenters. The summed E-state index contributed by atoms with van der Waals surface area (Å²) in [5.74, 6) is -15.0. The van der Waals surface area contributed by atoms with Gasteiger partial charge in [-0.3, -0.25) is 52.7 Å². The number of primary amides is 1. The molecule has 0 fully saturated rings. The van der Waals surface area contributed by atoms with Gasteiger partial charge in [0, 0.05) is 41.4 Å². The van der Waals surface area contributed by atoms with Crippen molar-refractivity contribution < 1.29 is 78.0 Å². The number of H-pyrrole nitrogens is 1. The van der Waals surface area contributed by atoms with Crippen LogP contribution in [0.25, 0.3) is 10.9 Å². The third-order valence-corrected chi connectivity index (χ3v) is 11.9. The van der Waals surface area contributed by atoms with Gasteiger partial charge in [0.25, 0.3) is 0 Å². The first-order valence-electron chi connectivity index (χ1n) is 23.6. The smallest absolute Gasteiger partial charge is 0.327 e. The minimum atomic E-state index is -1.93. The molecule has 30 heteroatoms. The van der Waals surface area contributed by atoms with Crippen molar-refractivity contribution in [2.24, 2.45) is 23.1 Å². The van der Waals surface area contributed by atoms with Crippen molar-refractivity contribution in [2.75, 3.05) is 24.7 Å². The lowest BCUT2D eigenvalue weighted by molar-refractivity contribution is -0.142. The maximum atomic E-state index is 14.4. The molecule has 0 spiro atoms. The summed E-state index contributed by atoms with van der Waals surface area (Å²) >= 11 is 7.82. The Morgan fingerprint density at radius 3 is 1.60 bits per heavy atom. The van der Waals surface area contributed by atoms with Gasteiger partial charge in [0.05, 0.1) is 25.5 Å². The maximum Gasteiger partial charge on any atom is 0.327 e. The largest absolute Gasteiger partial charge is 0.481 e. The molecule has 0 saturated carbocycles. The molecule has 0 radical (unpaired) electrons. The van der Waals surface area contributed by atoms with Gasteiger partial charge in [-0.15, -0.1) is 0 Å². The molecule has 416 valence electrons. The number of aliphatic hydroxyl groups excluding tert-OH is 1. The lowest BCUT2D eigenvalue weighted by atomic mass is 10.00. The van der Waals surface area contributed by atoms with Crippen LogP contribution in [0.2, 0.25) is 0 Å². The van der Waals surface area contributed by atoms with E-state index in [-0.39, 0.29) is 49.7 Å². The van der Waals surface area contributed by atoms with Crippen molar-refractivity contribution in [1.29, 1.82) is 0 Å². The zero-order valence-electron chi connectivity index (χ0n) is 41.2. The van der Waals surface area contributed by atoms with E-state index in [9.17, 15) is 78.0 Å². The highest BCUT2D eigenvalue weighted by molar-refractivity contribution is 7.80. The number of hydrogen-bond acceptors (Lipinski definition) is 17. The summed E-state index contributed by atoms with van der Waals surface area (Å²) < 4.78 is 0. The Kier molecular flexibility index (Phi) is 27.6. The summed E-state index contributed by atoms with van der Waals surface area (Å²) in [6, 6.07) is -7.60. The van der Waals surface area contributed by atoms with E-state index in [2.05, 4.69) is 72.8 Å². The van der Waals surface area contributed by atoms with E-state index in [0.717, 1.165) is 0 Å². The number of amides is 9. The molecule has 0 aliphatic rings. The van der Waals surface area contributed by atoms with E-state index in [1.807, 2.05) is 0 Å². The third-order valence-electron chi connectivity index (χ3n) is 11.1. The summed E-state index contributed by atoms with van der Waals surface area (Å²) in [5.41, 5.74) is 17.7. The maximum absolute atomic E-state index is 14.4. The molecular weight excluding hydrogens is 1030 g/mol. The van der Waals surface area contributed by atoms with Gasteiger partial charge < -0.3 is 85.1 Å². The number of aromatic nitrogens is 1. The average molecular weight is 1100 g/mol. The molecule has 0 aliphatic heterocycles. The minimum absolute atomic E-state index is 0.144. The zero-order valence-corrected chi connectivity index (χ0v) is 43.0. The number of carbonyl (C=O) groups excluding carboxylic acids is 9. The number of benzene rings is 1. The van der Waals surface area contributed by atoms with Crippen molar-refractivity contribution in [1.82, 2.24) is 47.5 Å². The van der Waals surface area contributed by atoms with Gasteiger partial charge in [0.1, 0.15) is 48.3 Å². The van der Waals surface area contributed by atoms with E-state index in [0.29, 0.717) is 22.9 Å². The number of carbonyl (C=O) groups is 12. The first-order valence-corrected chi connectivity index (χ1v) is 24.8. The number of aliphatic carboxylic acids is 3. The van der Waals surface area contributed by atoms with Gasteiger partial charge >= 0.3 is 17.9 Å². The van der Waals surface area contributed by atoms with E-state index in [1.165, 1.54) is 0 Å². The fraction of sp³-hybridized carbons (Fsp3) is 0.556.